The molecule has 2 N–H and O–H groups in total. The van der Waals surface area contributed by atoms with Gasteiger partial charge in [0.05, 0.1) is 18.6 Å². The van der Waals surface area contributed by atoms with E-state index in [1.807, 2.05) is 38.1 Å². The number of amides is 1. The van der Waals surface area contributed by atoms with Gasteiger partial charge in [0.1, 0.15) is 16.7 Å². The Morgan fingerprint density at radius 3 is 2.66 bits per heavy atom. The van der Waals surface area contributed by atoms with Gasteiger partial charge in [0.15, 0.2) is 0 Å². The fourth-order valence-electron chi connectivity index (χ4n) is 7.17. The van der Waals surface area contributed by atoms with E-state index in [1.165, 1.54) is 24.8 Å². The molecule has 2 fully saturated rings. The molecule has 2 heterocycles. The van der Waals surface area contributed by atoms with E-state index in [2.05, 4.69) is 21.8 Å². The number of rotatable bonds is 6. The van der Waals surface area contributed by atoms with E-state index in [4.69, 9.17) is 4.74 Å². The molecule has 1 aromatic rings. The lowest BCUT2D eigenvalue weighted by atomic mass is 9.75. The van der Waals surface area contributed by atoms with Crippen LogP contribution in [-0.4, -0.2) is 51.0 Å². The van der Waals surface area contributed by atoms with Crippen molar-refractivity contribution < 1.29 is 23.6 Å². The summed E-state index contributed by atoms with van der Waals surface area (Å²) in [5.41, 5.74) is 4.35. The Labute approximate surface area is 226 Å². The summed E-state index contributed by atoms with van der Waals surface area (Å²) in [4.78, 5) is 28.1. The molecule has 2 saturated carbocycles. The maximum atomic E-state index is 13.1. The maximum absolute atomic E-state index is 13.1. The van der Waals surface area contributed by atoms with E-state index in [1.54, 1.807) is 7.11 Å². The molecule has 6 rings (SSSR count). The van der Waals surface area contributed by atoms with Crippen LogP contribution in [0.4, 0.5) is 0 Å². The number of nitrogens with zero attached hydrogens (tertiary/aromatic N) is 1. The van der Waals surface area contributed by atoms with Gasteiger partial charge in [-0.1, -0.05) is 31.4 Å². The Kier molecular flexibility index (Phi) is 6.29. The second kappa shape index (κ2) is 9.40. The summed E-state index contributed by atoms with van der Waals surface area (Å²) in [7, 11) is 0.182. The highest BCUT2D eigenvalue weighted by molar-refractivity contribution is 7.84. The third kappa shape index (κ3) is 3.94. The number of fused-ring (bicyclic) bond motifs is 7. The molecule has 0 spiro atoms. The molecule has 3 aliphatic carbocycles. The van der Waals surface area contributed by atoms with Crippen LogP contribution < -0.4 is 9.46 Å². The van der Waals surface area contributed by atoms with Crippen molar-refractivity contribution in [2.24, 2.45) is 17.3 Å². The molecule has 202 valence electrons. The largest absolute Gasteiger partial charge is 0.497 e. The van der Waals surface area contributed by atoms with Crippen molar-refractivity contribution in [3.8, 4) is 5.75 Å². The molecule has 0 saturated heterocycles. The predicted molar refractivity (Wildman–Crippen MR) is 147 cm³/mol. The average Bonchev–Trinajstić information content (AvgIpc) is 3.59. The van der Waals surface area contributed by atoms with Crippen LogP contribution in [0.1, 0.15) is 69.4 Å². The number of benzene rings is 1. The molecule has 38 heavy (non-hydrogen) atoms. The summed E-state index contributed by atoms with van der Waals surface area (Å²) in [5, 5.41) is 10.3. The van der Waals surface area contributed by atoms with Crippen molar-refractivity contribution in [1.29, 1.82) is 0 Å². The zero-order valence-electron chi connectivity index (χ0n) is 22.2. The van der Waals surface area contributed by atoms with Gasteiger partial charge in [-0.05, 0) is 74.4 Å². The van der Waals surface area contributed by atoms with Crippen LogP contribution in [0.15, 0.2) is 47.6 Å². The van der Waals surface area contributed by atoms with Crippen molar-refractivity contribution in [2.45, 2.75) is 69.6 Å². The van der Waals surface area contributed by atoms with Gasteiger partial charge in [0.25, 0.3) is 5.91 Å². The molecule has 5 atom stereocenters. The Morgan fingerprint density at radius 2 is 1.97 bits per heavy atom. The fraction of sp³-hybridized carbons (Fsp3) is 0.533. The minimum atomic E-state index is -1.46. The monoisotopic (exact) mass is 536 g/mol. The molecule has 0 radical (unpaired) electrons. The lowest BCUT2D eigenvalue weighted by Crippen LogP contribution is -2.40. The number of carboxylic acids is 1. The fourth-order valence-corrected chi connectivity index (χ4v) is 7.71. The number of methoxy groups -OCH3 is 1. The summed E-state index contributed by atoms with van der Waals surface area (Å²) < 4.78 is 20.5. The smallest absolute Gasteiger partial charge is 0.312 e. The molecule has 7 nitrogen and oxygen atoms in total. The van der Waals surface area contributed by atoms with E-state index in [9.17, 15) is 18.9 Å². The van der Waals surface area contributed by atoms with E-state index in [0.717, 1.165) is 35.4 Å². The number of ether oxygens (including phenoxy) is 1. The topological polar surface area (TPSA) is 95.9 Å². The van der Waals surface area contributed by atoms with Crippen molar-refractivity contribution in [3.05, 3.63) is 58.7 Å². The number of hydrogen-bond acceptors (Lipinski definition) is 5. The Balaban J connectivity index is 1.48. The van der Waals surface area contributed by atoms with Crippen LogP contribution in [0.25, 0.3) is 5.70 Å². The number of carbonyl (C=O) groups is 2. The van der Waals surface area contributed by atoms with Crippen molar-refractivity contribution in [1.82, 2.24) is 9.62 Å². The van der Waals surface area contributed by atoms with Crippen LogP contribution in [0, 0.1) is 17.3 Å². The van der Waals surface area contributed by atoms with Crippen LogP contribution >= 0.6 is 0 Å². The van der Waals surface area contributed by atoms with Gasteiger partial charge >= 0.3 is 5.97 Å². The maximum Gasteiger partial charge on any atom is 0.312 e. The standard InChI is InChI=1S/C30H36N2O5S/c1-17(2)38(36)31-28(33)19-9-11-22-25(13-19)32-16-30(29(34)35)15-24(30)23-14-20(37-3)10-12-21(23)27(32)26(22)18-7-5-4-6-8-18/h9-14,17-18,22,24-25H,4-8,15-16H2,1-3H3,(H,31,33)(H,34,35). The van der Waals surface area contributed by atoms with E-state index in [0.29, 0.717) is 24.5 Å². The highest BCUT2D eigenvalue weighted by atomic mass is 32.2. The van der Waals surface area contributed by atoms with Crippen molar-refractivity contribution in [2.75, 3.05) is 13.7 Å². The van der Waals surface area contributed by atoms with Gasteiger partial charge < -0.3 is 14.7 Å². The number of carboxylic acid groups (broad SMARTS) is 1. The predicted octanol–water partition coefficient (Wildman–Crippen LogP) is 4.54. The molecule has 1 aromatic carbocycles. The minimum Gasteiger partial charge on any atom is -0.497 e. The minimum absolute atomic E-state index is 0.0615. The molecule has 0 aromatic heterocycles. The normalized spacial score (nSPS) is 30.5. The van der Waals surface area contributed by atoms with Crippen LogP contribution in [0.2, 0.25) is 0 Å². The summed E-state index contributed by atoms with van der Waals surface area (Å²) >= 11 is 0. The summed E-state index contributed by atoms with van der Waals surface area (Å²) in [6.45, 7) is 4.03. The number of carbonyl (C=O) groups excluding carboxylic acids is 1. The molecule has 5 unspecified atom stereocenters. The first-order valence-electron chi connectivity index (χ1n) is 13.8. The van der Waals surface area contributed by atoms with E-state index >= 15 is 0 Å². The molecular formula is C30H36N2O5S. The van der Waals surface area contributed by atoms with E-state index in [-0.39, 0.29) is 29.0 Å². The second-order valence-electron chi connectivity index (χ2n) is 11.7. The molecule has 1 amide bonds. The third-order valence-corrected chi connectivity index (χ3v) is 10.5. The molecule has 0 bridgehead atoms. The first-order valence-corrected chi connectivity index (χ1v) is 15.0. The Hall–Kier alpha value is -2.87. The van der Waals surface area contributed by atoms with Crippen molar-refractivity contribution in [3.63, 3.8) is 0 Å². The lowest BCUT2D eigenvalue weighted by molar-refractivity contribution is -0.144. The first kappa shape index (κ1) is 25.4. The highest BCUT2D eigenvalue weighted by Gasteiger charge is 2.65. The number of nitrogens with one attached hydrogen (secondary N) is 1. The van der Waals surface area contributed by atoms with Gasteiger partial charge in [0, 0.05) is 40.5 Å². The van der Waals surface area contributed by atoms with Gasteiger partial charge in [0.2, 0.25) is 0 Å². The Bertz CT molecular complexity index is 1310. The molecule has 5 aliphatic rings. The van der Waals surface area contributed by atoms with Crippen LogP contribution in [0.5, 0.6) is 5.75 Å². The summed E-state index contributed by atoms with van der Waals surface area (Å²) in [5.74, 6) is 0.0844. The van der Waals surface area contributed by atoms with Gasteiger partial charge in [-0.2, -0.15) is 0 Å². The average molecular weight is 537 g/mol. The SMILES string of the molecule is COc1ccc2c(c1)C1CC1(C(=O)O)CN1C2=C(C2CCCCC2)C2C=CC(C(=O)NS(=O)C(C)C)=CC21. The lowest BCUT2D eigenvalue weighted by Gasteiger charge is -2.33. The molecular weight excluding hydrogens is 500 g/mol. The van der Waals surface area contributed by atoms with Crippen LogP contribution in [-0.2, 0) is 20.6 Å². The first-order chi connectivity index (χ1) is 18.2. The van der Waals surface area contributed by atoms with Crippen LogP contribution in [0.3, 0.4) is 0 Å². The second-order valence-corrected chi connectivity index (χ2v) is 13.5. The van der Waals surface area contributed by atoms with Gasteiger partial charge in [-0.3, -0.25) is 14.3 Å². The van der Waals surface area contributed by atoms with Crippen molar-refractivity contribution >= 4 is 28.6 Å². The number of aliphatic carboxylic acids is 1. The molecule has 2 aliphatic heterocycles. The van der Waals surface area contributed by atoms with Gasteiger partial charge in [-0.25, -0.2) is 4.21 Å². The summed E-state index contributed by atoms with van der Waals surface area (Å²) in [6.07, 6.45) is 12.5. The zero-order chi connectivity index (χ0) is 26.8. The van der Waals surface area contributed by atoms with E-state index < -0.39 is 22.4 Å². The third-order valence-electron chi connectivity index (χ3n) is 9.25. The number of hydrogen-bond donors (Lipinski definition) is 2. The molecule has 8 heteroatoms. The summed E-state index contributed by atoms with van der Waals surface area (Å²) in [6, 6.07) is 5.98. The quantitative estimate of drug-likeness (QED) is 0.554. The zero-order valence-corrected chi connectivity index (χ0v) is 23.1. The Morgan fingerprint density at radius 1 is 1.21 bits per heavy atom. The highest BCUT2D eigenvalue weighted by Crippen LogP contribution is 2.66. The van der Waals surface area contributed by atoms with Gasteiger partial charge in [-0.15, -0.1) is 0 Å².